The molecule has 0 fully saturated rings. The van der Waals surface area contributed by atoms with Gasteiger partial charge in [-0.2, -0.15) is 0 Å². The van der Waals surface area contributed by atoms with Crippen molar-refractivity contribution in [1.29, 1.82) is 0 Å². The lowest BCUT2D eigenvalue weighted by Gasteiger charge is -2.13. The number of hydroxylamine groups is 2. The summed E-state index contributed by atoms with van der Waals surface area (Å²) in [7, 11) is 8.95. The number of methoxy groups -OCH3 is 4. The third-order valence-corrected chi connectivity index (χ3v) is 25.3. The van der Waals surface area contributed by atoms with Crippen molar-refractivity contribution in [1.82, 2.24) is 30.0 Å². The minimum absolute atomic E-state index is 0.00529. The number of hydrogen-bond donors (Lipinski definition) is 2. The highest BCUT2D eigenvalue weighted by Crippen LogP contribution is 2.43. The van der Waals surface area contributed by atoms with Gasteiger partial charge in [0.25, 0.3) is 0 Å². The van der Waals surface area contributed by atoms with Crippen LogP contribution in [0.1, 0.15) is 192 Å². The number of carbonyl (C=O) groups is 8. The van der Waals surface area contributed by atoms with E-state index in [4.69, 9.17) is 71.9 Å². The molecule has 0 bridgehead atoms. The smallest absolute Gasteiger partial charge is 0.246 e. The number of aliphatic hydroxyl groups excluding tert-OH is 1. The van der Waals surface area contributed by atoms with Crippen LogP contribution >= 0.6 is 116 Å². The Kier molecular flexibility index (Phi) is 50.2. The fourth-order valence-corrected chi connectivity index (χ4v) is 17.8. The Morgan fingerprint density at radius 2 is 0.660 bits per heavy atom. The largest absolute Gasteiger partial charge is 0.505 e. The van der Waals surface area contributed by atoms with E-state index in [1.807, 2.05) is 78.1 Å². The summed E-state index contributed by atoms with van der Waals surface area (Å²) in [6, 6.07) is 46.5. The molecule has 0 saturated heterocycles. The van der Waals surface area contributed by atoms with Crippen LogP contribution in [-0.4, -0.2) is 189 Å². The number of Topliss-reactive ketones (excluding diaryl/α,β-unsaturated/α-hetero) is 7. The van der Waals surface area contributed by atoms with Crippen molar-refractivity contribution in [2.45, 2.75) is 119 Å². The highest BCUT2D eigenvalue weighted by Gasteiger charge is 2.26. The molecule has 0 spiro atoms. The van der Waals surface area contributed by atoms with Gasteiger partial charge >= 0.3 is 0 Å². The van der Waals surface area contributed by atoms with Crippen LogP contribution in [-0.2, 0) is 9.63 Å². The van der Waals surface area contributed by atoms with E-state index >= 15 is 0 Å². The summed E-state index contributed by atoms with van der Waals surface area (Å²) < 4.78 is 98.6. The number of nitrogens with zero attached hydrogens (tertiary/aromatic N) is 6. The van der Waals surface area contributed by atoms with Crippen LogP contribution in [0.3, 0.4) is 0 Å². The number of aliphatic hydroxyl groups is 1. The van der Waals surface area contributed by atoms with Crippen molar-refractivity contribution in [3.63, 3.8) is 0 Å². The molecule has 0 atom stereocenters. The fraction of sp³-hybridized carbons (Fsp3) is 0.311. The topological polar surface area (TPSA) is 365 Å². The van der Waals surface area contributed by atoms with Crippen molar-refractivity contribution < 1.29 is 119 Å². The van der Waals surface area contributed by atoms with Gasteiger partial charge < -0.3 is 67.1 Å². The Balaban J connectivity index is 0.000000223. The second-order valence-corrected chi connectivity index (χ2v) is 36.5. The average molecular weight is 2430 g/mol. The van der Waals surface area contributed by atoms with E-state index in [1.165, 1.54) is 77.4 Å². The van der Waals surface area contributed by atoms with Crippen LogP contribution < -0.4 is 56.8 Å². The zero-order valence-electron chi connectivity index (χ0n) is 81.6. The first-order valence-corrected chi connectivity index (χ1v) is 51.9. The highest BCUT2D eigenvalue weighted by molar-refractivity contribution is 14.1. The number of rotatable bonds is 46. The van der Waals surface area contributed by atoms with Gasteiger partial charge in [-0.25, -0.2) is 38.8 Å². The number of fused-ring (bicyclic) bond motifs is 2. The lowest BCUT2D eigenvalue weighted by molar-refractivity contribution is -0.168. The van der Waals surface area contributed by atoms with Crippen molar-refractivity contribution in [3.8, 4) is 97.3 Å². The predicted octanol–water partition coefficient (Wildman–Crippen LogP) is 25.2. The second kappa shape index (κ2) is 61.5. The zero-order chi connectivity index (χ0) is 105. The first-order chi connectivity index (χ1) is 69.4. The van der Waals surface area contributed by atoms with Gasteiger partial charge in [0, 0.05) is 113 Å². The minimum atomic E-state index is -0.318. The van der Waals surface area contributed by atoms with Crippen LogP contribution in [0, 0.1) is 19.0 Å². The highest BCUT2D eigenvalue weighted by atomic mass is 127. The van der Waals surface area contributed by atoms with Gasteiger partial charge in [0.05, 0.1) is 97.8 Å². The molecule has 2 N–H and O–H groups in total. The van der Waals surface area contributed by atoms with Crippen LogP contribution in [0.4, 0.5) is 8.78 Å². The normalized spacial score (nSPS) is 10.5. The quantitative estimate of drug-likeness (QED) is 0.0155. The van der Waals surface area contributed by atoms with Gasteiger partial charge in [0.15, 0.2) is 98.0 Å². The first kappa shape index (κ1) is 117. The van der Waals surface area contributed by atoms with Gasteiger partial charge in [-0.15, -0.1) is 22.7 Å². The first-order valence-electron chi connectivity index (χ1n) is 45.6. The van der Waals surface area contributed by atoms with E-state index in [0.29, 0.717) is 189 Å². The molecule has 0 saturated carbocycles. The molecule has 0 unspecified atom stereocenters. The van der Waals surface area contributed by atoms with E-state index < -0.39 is 0 Å². The van der Waals surface area contributed by atoms with Crippen LogP contribution in [0.25, 0.3) is 42.7 Å². The number of thiophene rings is 2. The monoisotopic (exact) mass is 2430 g/mol. The van der Waals surface area contributed by atoms with Gasteiger partial charge in [-0.3, -0.25) is 43.2 Å². The lowest BCUT2D eigenvalue weighted by Crippen LogP contribution is -2.25. The van der Waals surface area contributed by atoms with Gasteiger partial charge in [0.1, 0.15) is 85.2 Å². The number of pyridine rings is 5. The van der Waals surface area contributed by atoms with Gasteiger partial charge in [-0.05, 0) is 286 Å². The molecule has 0 aliphatic carbocycles. The standard InChI is InChI=1S/C29H28FNO5S.C28H26FNO6S.C21H24BrNO5.C16H23NO5.C7H7BrINO.C5H3BrINO/c1-4-15-36-25-13-9-18(16-27(25)34-3)23(32)11-12-24(33)22-10-14-26(35-5-2)28(31-22)20-17-37-29-19(20)7-6-8-21(29)30;1-3-35-25-12-8-21(30-27(25)19-16-37-28-18(19)5-4-6-20(28)29)23(33)10-9-22(32)17-7-11-24(36-14-13-31)26(15-17)34-2;1-4-12-28-18-10-6-14(13-20(18)26-3)16(24)8-9-17(25)15-7-11-19(27-5-2)21(22)23-15;1-5-10-22-14-8-6-12(11-15(14)20-3)13(18)7-9-16(19)17(2)21-4;1-2-11-5-3-4-6(9)10-7(5)8;6-5-3(9)1-2-4(7)8-5/h6-10,13-14,16-17H,4-5,11-12,15H2,1-3H3;4-8,11-12,15-16,31H,3,9-10,13-14H2,1-2H3;6-7,10-11,13H,4-5,8-9,12H2,1-3H3;6,8,11H,5,7,9-10H2,1-4H3;3-4H,2H2,1H3;1-2,9H. The molecule has 13 aromatic rings. The van der Waals surface area contributed by atoms with E-state index in [9.17, 15) is 47.1 Å². The molecule has 29 nitrogen and oxygen atoms in total. The molecule has 0 aliphatic heterocycles. The molecule has 1 amide bonds. The molecule has 38 heteroatoms. The van der Waals surface area contributed by atoms with Crippen LogP contribution in [0.2, 0.25) is 0 Å². The summed E-state index contributed by atoms with van der Waals surface area (Å²) in [5, 5.41) is 24.0. The van der Waals surface area contributed by atoms with Crippen LogP contribution in [0.5, 0.6) is 74.7 Å². The van der Waals surface area contributed by atoms with Crippen molar-refractivity contribution in [2.24, 2.45) is 0 Å². The van der Waals surface area contributed by atoms with Gasteiger partial charge in [0.2, 0.25) is 5.91 Å². The van der Waals surface area contributed by atoms with E-state index in [1.54, 1.807) is 139 Å². The molecule has 0 aliphatic rings. The molecule has 7 aromatic heterocycles. The number of aromatic hydroxyl groups is 1. The maximum Gasteiger partial charge on any atom is 0.246 e. The molecule has 764 valence electrons. The number of halogens is 7. The fourth-order valence-electron chi connectivity index (χ4n) is 13.2. The summed E-state index contributed by atoms with van der Waals surface area (Å²) in [6.07, 6.45) is 2.95. The molecule has 7 heterocycles. The summed E-state index contributed by atoms with van der Waals surface area (Å²) >= 11 is 16.4. The molecule has 13 rings (SSSR count). The zero-order valence-corrected chi connectivity index (χ0v) is 92.3. The Morgan fingerprint density at radius 3 is 0.979 bits per heavy atom. The minimum Gasteiger partial charge on any atom is -0.505 e. The molecular weight excluding hydrogens is 2320 g/mol. The summed E-state index contributed by atoms with van der Waals surface area (Å²) in [5.74, 6) is 4.30. The summed E-state index contributed by atoms with van der Waals surface area (Å²) in [6.45, 7) is 17.2. The lowest BCUT2D eigenvalue weighted by atomic mass is 10.0. The summed E-state index contributed by atoms with van der Waals surface area (Å²) in [5.41, 5.74) is 4.84. The maximum absolute atomic E-state index is 14.3. The molecule has 144 heavy (non-hydrogen) atoms. The van der Waals surface area contributed by atoms with Crippen molar-refractivity contribution in [2.75, 3.05) is 102 Å². The van der Waals surface area contributed by atoms with E-state index in [2.05, 4.69) is 118 Å². The third kappa shape index (κ3) is 35.0. The maximum atomic E-state index is 14.3. The number of amides is 1. The number of aromatic nitrogens is 5. The van der Waals surface area contributed by atoms with E-state index in [0.717, 1.165) is 42.1 Å². The Bertz CT molecular complexity index is 6320. The summed E-state index contributed by atoms with van der Waals surface area (Å²) in [4.78, 5) is 126. The Morgan fingerprint density at radius 1 is 0.354 bits per heavy atom. The number of ether oxygens (including phenoxy) is 12. The van der Waals surface area contributed by atoms with Crippen molar-refractivity contribution in [3.05, 3.63) is 253 Å². The number of benzene rings is 6. The number of carbonyl (C=O) groups excluding carboxylic acids is 8. The Hall–Kier alpha value is -11.8. The average Bonchev–Trinajstić information content (AvgIpc) is 1.69. The Labute approximate surface area is 894 Å². The predicted molar refractivity (Wildman–Crippen MR) is 577 cm³/mol. The van der Waals surface area contributed by atoms with E-state index in [-0.39, 0.29) is 140 Å². The molecule has 0 radical (unpaired) electrons. The number of ketones is 7. The number of hydrogen-bond acceptors (Lipinski definition) is 30. The second-order valence-electron chi connectivity index (χ2n) is 30.3. The van der Waals surface area contributed by atoms with Crippen molar-refractivity contribution >= 4 is 182 Å². The SMILES string of the molecule is CCCOc1ccc(C(=O)CCC(=O)N(C)OC)cc1OC.CCCOc1ccc(C(=O)CCC(=O)c2ccc(OCC)c(-c3csc4c(F)cccc34)n2)cc1OC.CCCOc1ccc(C(=O)CCC(=O)c2ccc(OCC)c(Br)n2)cc1OC.CCOc1ccc(C(=O)CCC(=O)c2ccc(OCCO)c(OC)c2)nc1-c1csc2c(F)cccc12.CCOc1ccc(I)nc1Br.Oc1ccc(I)nc1Br. The third-order valence-electron chi connectivity index (χ3n) is 20.4. The van der Waals surface area contributed by atoms with Gasteiger partial charge in [-0.1, -0.05) is 45.0 Å². The molecular formula is C106H111Br3F2I2N6O23S2. The molecule has 6 aromatic carbocycles. The van der Waals surface area contributed by atoms with Crippen LogP contribution in [0.15, 0.2) is 194 Å².